The van der Waals surface area contributed by atoms with Crippen molar-refractivity contribution < 1.29 is 14.5 Å². The van der Waals surface area contributed by atoms with Gasteiger partial charge in [0.05, 0.1) is 6.10 Å². The molecule has 0 spiro atoms. The molecule has 1 aromatic rings. The van der Waals surface area contributed by atoms with Gasteiger partial charge in [0.1, 0.15) is 0 Å². The fourth-order valence-corrected chi connectivity index (χ4v) is 2.08. The predicted molar refractivity (Wildman–Crippen MR) is 59.0 cm³/mol. The molecule has 7 nitrogen and oxygen atoms in total. The SMILES string of the molecule is CC(O)C1CCN(C(=O)c2nonc2N)CC1. The third-order valence-electron chi connectivity index (χ3n) is 3.23. The number of nitrogen functional groups attached to an aromatic ring is 1. The smallest absolute Gasteiger partial charge is 0.280 e. The van der Waals surface area contributed by atoms with Crippen molar-refractivity contribution in [2.45, 2.75) is 25.9 Å². The normalized spacial score (nSPS) is 19.3. The maximum atomic E-state index is 12.0. The van der Waals surface area contributed by atoms with Gasteiger partial charge < -0.3 is 15.7 Å². The Bertz CT molecular complexity index is 396. The molecule has 1 aromatic heterocycles. The number of amides is 1. The van der Waals surface area contributed by atoms with E-state index in [0.717, 1.165) is 12.8 Å². The molecular formula is C10H16N4O3. The maximum Gasteiger partial charge on any atom is 0.280 e. The highest BCUT2D eigenvalue weighted by Crippen LogP contribution is 2.22. The summed E-state index contributed by atoms with van der Waals surface area (Å²) in [7, 11) is 0. The van der Waals surface area contributed by atoms with E-state index < -0.39 is 0 Å². The number of carbonyl (C=O) groups excluding carboxylic acids is 1. The molecular weight excluding hydrogens is 224 g/mol. The minimum atomic E-state index is -0.328. The lowest BCUT2D eigenvalue weighted by atomic mass is 9.92. The van der Waals surface area contributed by atoms with E-state index in [-0.39, 0.29) is 29.4 Å². The van der Waals surface area contributed by atoms with Crippen LogP contribution < -0.4 is 5.73 Å². The summed E-state index contributed by atoms with van der Waals surface area (Å²) in [5.74, 6) is 0.0206. The molecule has 1 amide bonds. The molecule has 0 aromatic carbocycles. The van der Waals surface area contributed by atoms with E-state index >= 15 is 0 Å². The second-order valence-electron chi connectivity index (χ2n) is 4.37. The van der Waals surface area contributed by atoms with Crippen LogP contribution >= 0.6 is 0 Å². The van der Waals surface area contributed by atoms with Crippen LogP contribution in [0.3, 0.4) is 0 Å². The van der Waals surface area contributed by atoms with Crippen molar-refractivity contribution in [1.29, 1.82) is 0 Å². The number of aromatic nitrogens is 2. The molecule has 1 saturated heterocycles. The van der Waals surface area contributed by atoms with E-state index in [4.69, 9.17) is 5.73 Å². The molecule has 1 fully saturated rings. The number of likely N-dealkylation sites (tertiary alicyclic amines) is 1. The number of hydrogen-bond acceptors (Lipinski definition) is 6. The summed E-state index contributed by atoms with van der Waals surface area (Å²) in [6, 6.07) is 0. The van der Waals surface area contributed by atoms with Crippen molar-refractivity contribution in [1.82, 2.24) is 15.2 Å². The Morgan fingerprint density at radius 2 is 2.18 bits per heavy atom. The number of piperidine rings is 1. The number of carbonyl (C=O) groups is 1. The van der Waals surface area contributed by atoms with Crippen molar-refractivity contribution >= 4 is 11.7 Å². The van der Waals surface area contributed by atoms with E-state index in [9.17, 15) is 9.90 Å². The molecule has 0 saturated carbocycles. The van der Waals surface area contributed by atoms with Crippen LogP contribution in [0.2, 0.25) is 0 Å². The Balaban J connectivity index is 1.98. The van der Waals surface area contributed by atoms with Gasteiger partial charge in [-0.2, -0.15) is 0 Å². The van der Waals surface area contributed by atoms with Gasteiger partial charge in [-0.3, -0.25) is 4.79 Å². The monoisotopic (exact) mass is 240 g/mol. The van der Waals surface area contributed by atoms with Gasteiger partial charge in [0.2, 0.25) is 11.5 Å². The highest BCUT2D eigenvalue weighted by atomic mass is 16.6. The van der Waals surface area contributed by atoms with Gasteiger partial charge in [-0.15, -0.1) is 0 Å². The number of hydrogen-bond donors (Lipinski definition) is 2. The van der Waals surface area contributed by atoms with Crippen LogP contribution in [0, 0.1) is 5.92 Å². The molecule has 2 heterocycles. The Kier molecular flexibility index (Phi) is 3.28. The van der Waals surface area contributed by atoms with Crippen LogP contribution in [0.4, 0.5) is 5.82 Å². The molecule has 94 valence electrons. The summed E-state index contributed by atoms with van der Waals surface area (Å²) >= 11 is 0. The van der Waals surface area contributed by atoms with Gasteiger partial charge in [-0.05, 0) is 36.0 Å². The number of nitrogens with two attached hydrogens (primary N) is 1. The standard InChI is InChI=1S/C10H16N4O3/c1-6(15)7-2-4-14(5-3-7)10(16)8-9(11)13-17-12-8/h6-7,15H,2-5H2,1H3,(H2,11,13). The molecule has 1 aliphatic heterocycles. The Hall–Kier alpha value is -1.63. The van der Waals surface area contributed by atoms with Crippen LogP contribution in [-0.2, 0) is 0 Å². The molecule has 1 atom stereocenters. The van der Waals surface area contributed by atoms with Gasteiger partial charge >= 0.3 is 0 Å². The molecule has 17 heavy (non-hydrogen) atoms. The minimum absolute atomic E-state index is 0.0210. The number of rotatable bonds is 2. The van der Waals surface area contributed by atoms with E-state index in [1.165, 1.54) is 0 Å². The largest absolute Gasteiger partial charge is 0.393 e. The van der Waals surface area contributed by atoms with Crippen LogP contribution in [-0.4, -0.2) is 45.4 Å². The third kappa shape index (κ3) is 2.38. The molecule has 0 radical (unpaired) electrons. The van der Waals surface area contributed by atoms with Gasteiger partial charge in [-0.25, -0.2) is 4.63 Å². The number of aliphatic hydroxyl groups excluding tert-OH is 1. The fourth-order valence-electron chi connectivity index (χ4n) is 2.08. The van der Waals surface area contributed by atoms with Crippen molar-refractivity contribution in [3.8, 4) is 0 Å². The Labute approximate surface area is 98.5 Å². The lowest BCUT2D eigenvalue weighted by Crippen LogP contribution is -2.41. The molecule has 1 unspecified atom stereocenters. The van der Waals surface area contributed by atoms with E-state index in [0.29, 0.717) is 13.1 Å². The fraction of sp³-hybridized carbons (Fsp3) is 0.700. The van der Waals surface area contributed by atoms with Gasteiger partial charge in [0, 0.05) is 13.1 Å². The Morgan fingerprint density at radius 1 is 1.53 bits per heavy atom. The number of nitrogens with zero attached hydrogens (tertiary/aromatic N) is 3. The topological polar surface area (TPSA) is 105 Å². The third-order valence-corrected chi connectivity index (χ3v) is 3.23. The quantitative estimate of drug-likeness (QED) is 0.746. The van der Waals surface area contributed by atoms with Crippen LogP contribution in [0.5, 0.6) is 0 Å². The summed E-state index contributed by atoms with van der Waals surface area (Å²) in [4.78, 5) is 13.6. The van der Waals surface area contributed by atoms with Crippen molar-refractivity contribution in [2.24, 2.45) is 5.92 Å². The highest BCUT2D eigenvalue weighted by Gasteiger charge is 2.28. The average Bonchev–Trinajstić information content (AvgIpc) is 2.74. The zero-order valence-corrected chi connectivity index (χ0v) is 9.67. The second-order valence-corrected chi connectivity index (χ2v) is 4.37. The van der Waals surface area contributed by atoms with Gasteiger partial charge in [0.25, 0.3) is 5.91 Å². The van der Waals surface area contributed by atoms with Crippen LogP contribution in [0.25, 0.3) is 0 Å². The second kappa shape index (κ2) is 4.70. The maximum absolute atomic E-state index is 12.0. The van der Waals surface area contributed by atoms with Gasteiger partial charge in [0.15, 0.2) is 0 Å². The summed E-state index contributed by atoms with van der Waals surface area (Å²) in [6.45, 7) is 2.98. The van der Waals surface area contributed by atoms with E-state index in [2.05, 4.69) is 14.9 Å². The summed E-state index contributed by atoms with van der Waals surface area (Å²) in [5.41, 5.74) is 5.54. The molecule has 3 N–H and O–H groups in total. The Morgan fingerprint density at radius 3 is 2.65 bits per heavy atom. The van der Waals surface area contributed by atoms with Gasteiger partial charge in [-0.1, -0.05) is 0 Å². The molecule has 0 aliphatic carbocycles. The molecule has 0 bridgehead atoms. The average molecular weight is 240 g/mol. The first-order valence-electron chi connectivity index (χ1n) is 5.65. The summed E-state index contributed by atoms with van der Waals surface area (Å²) in [5, 5.41) is 16.3. The van der Waals surface area contributed by atoms with E-state index in [1.807, 2.05) is 0 Å². The summed E-state index contributed by atoms with van der Waals surface area (Å²) < 4.78 is 4.40. The minimum Gasteiger partial charge on any atom is -0.393 e. The lowest BCUT2D eigenvalue weighted by molar-refractivity contribution is 0.0514. The first-order chi connectivity index (χ1) is 8.09. The van der Waals surface area contributed by atoms with Crippen molar-refractivity contribution in [3.05, 3.63) is 5.69 Å². The van der Waals surface area contributed by atoms with Crippen LogP contribution in [0.1, 0.15) is 30.3 Å². The molecule has 1 aliphatic rings. The highest BCUT2D eigenvalue weighted by molar-refractivity contribution is 5.96. The zero-order chi connectivity index (χ0) is 12.4. The summed E-state index contributed by atoms with van der Waals surface area (Å²) in [6.07, 6.45) is 1.24. The van der Waals surface area contributed by atoms with E-state index in [1.54, 1.807) is 11.8 Å². The molecule has 7 heteroatoms. The van der Waals surface area contributed by atoms with Crippen molar-refractivity contribution in [3.63, 3.8) is 0 Å². The lowest BCUT2D eigenvalue weighted by Gasteiger charge is -2.32. The number of aliphatic hydroxyl groups is 1. The zero-order valence-electron chi connectivity index (χ0n) is 9.67. The van der Waals surface area contributed by atoms with Crippen LogP contribution in [0.15, 0.2) is 4.63 Å². The molecule has 2 rings (SSSR count). The van der Waals surface area contributed by atoms with Crippen molar-refractivity contribution in [2.75, 3.05) is 18.8 Å². The first-order valence-corrected chi connectivity index (χ1v) is 5.65. The first kappa shape index (κ1) is 11.8. The number of anilines is 1. The predicted octanol–water partition coefficient (Wildman–Crippen LogP) is -0.115.